The lowest BCUT2D eigenvalue weighted by molar-refractivity contribution is 0.102. The molecule has 4 N–H and O–H groups in total. The van der Waals surface area contributed by atoms with Crippen LogP contribution in [0.1, 0.15) is 47.8 Å². The van der Waals surface area contributed by atoms with Gasteiger partial charge in [0, 0.05) is 25.0 Å². The lowest BCUT2D eigenvalue weighted by Gasteiger charge is -2.23. The molecule has 3 rings (SSSR count). The fourth-order valence-corrected chi connectivity index (χ4v) is 3.40. The zero-order chi connectivity index (χ0) is 23.6. The average Bonchev–Trinajstić information content (AvgIpc) is 2.80. The Morgan fingerprint density at radius 1 is 1.00 bits per heavy atom. The first-order chi connectivity index (χ1) is 16.0. The molecule has 0 saturated heterocycles. The number of aryl methyl sites for hydroxylation is 1. The van der Waals surface area contributed by atoms with Crippen LogP contribution in [0.5, 0.6) is 0 Å². The molecule has 7 heteroatoms. The van der Waals surface area contributed by atoms with Crippen LogP contribution in [-0.4, -0.2) is 28.4 Å². The van der Waals surface area contributed by atoms with E-state index in [0.717, 1.165) is 36.1 Å². The highest BCUT2D eigenvalue weighted by molar-refractivity contribution is 6.04. The Bertz CT molecular complexity index is 1080. The van der Waals surface area contributed by atoms with E-state index in [1.807, 2.05) is 37.3 Å². The van der Waals surface area contributed by atoms with E-state index >= 15 is 0 Å². The molecule has 0 atom stereocenters. The van der Waals surface area contributed by atoms with Crippen molar-refractivity contribution in [1.82, 2.24) is 9.88 Å². The number of para-hydroxylation sites is 2. The average molecular weight is 446 g/mol. The van der Waals surface area contributed by atoms with Crippen LogP contribution < -0.4 is 16.4 Å². The first-order valence-corrected chi connectivity index (χ1v) is 11.2. The van der Waals surface area contributed by atoms with Gasteiger partial charge in [-0.25, -0.2) is 4.79 Å². The monoisotopic (exact) mass is 445 g/mol. The summed E-state index contributed by atoms with van der Waals surface area (Å²) in [4.78, 5) is 31.5. The Hall–Kier alpha value is -3.87. The van der Waals surface area contributed by atoms with Crippen LogP contribution in [0.2, 0.25) is 0 Å². The molecule has 3 aromatic rings. The van der Waals surface area contributed by atoms with E-state index in [2.05, 4.69) is 22.5 Å². The maximum atomic E-state index is 13.0. The van der Waals surface area contributed by atoms with E-state index < -0.39 is 0 Å². The van der Waals surface area contributed by atoms with E-state index in [9.17, 15) is 9.59 Å². The molecular formula is C26H31N5O2. The van der Waals surface area contributed by atoms with Gasteiger partial charge in [-0.05, 0) is 54.8 Å². The van der Waals surface area contributed by atoms with Gasteiger partial charge in [-0.15, -0.1) is 0 Å². The molecule has 0 bridgehead atoms. The third-order valence-corrected chi connectivity index (χ3v) is 5.23. The van der Waals surface area contributed by atoms with E-state index in [-0.39, 0.29) is 17.6 Å². The van der Waals surface area contributed by atoms with Crippen molar-refractivity contribution in [2.75, 3.05) is 22.9 Å². The van der Waals surface area contributed by atoms with Gasteiger partial charge in [-0.3, -0.25) is 9.78 Å². The van der Waals surface area contributed by atoms with Crippen molar-refractivity contribution >= 4 is 29.0 Å². The van der Waals surface area contributed by atoms with Gasteiger partial charge >= 0.3 is 6.03 Å². The molecule has 0 aliphatic carbocycles. The first-order valence-electron chi connectivity index (χ1n) is 11.2. The number of hydrogen-bond donors (Lipinski definition) is 3. The standard InChI is InChI=1S/C26H31N5O2/c1-3-4-7-15-31(26(33)29-21-10-8-9-19(2)16-21)18-20-13-14-24(28-17-20)25(32)30-23-12-6-5-11-22(23)27/h5-6,8-14,16-17H,3-4,7,15,18,27H2,1-2H3,(H,29,33)(H,30,32). The largest absolute Gasteiger partial charge is 0.397 e. The number of urea groups is 1. The number of nitrogens with zero attached hydrogens (tertiary/aromatic N) is 2. The predicted octanol–water partition coefficient (Wildman–Crippen LogP) is 5.45. The predicted molar refractivity (Wildman–Crippen MR) is 133 cm³/mol. The molecule has 0 aliphatic rings. The van der Waals surface area contributed by atoms with Crippen molar-refractivity contribution in [3.05, 3.63) is 83.7 Å². The Kier molecular flexibility index (Phi) is 8.41. The number of carbonyl (C=O) groups is 2. The van der Waals surface area contributed by atoms with E-state index in [0.29, 0.717) is 24.5 Å². The minimum Gasteiger partial charge on any atom is -0.397 e. The SMILES string of the molecule is CCCCCN(Cc1ccc(C(=O)Nc2ccccc2N)nc1)C(=O)Nc1cccc(C)c1. The van der Waals surface area contributed by atoms with Crippen molar-refractivity contribution in [2.24, 2.45) is 0 Å². The number of nitrogens with two attached hydrogens (primary N) is 1. The van der Waals surface area contributed by atoms with Crippen LogP contribution in [0, 0.1) is 6.92 Å². The van der Waals surface area contributed by atoms with Crippen molar-refractivity contribution < 1.29 is 9.59 Å². The molecule has 33 heavy (non-hydrogen) atoms. The quantitative estimate of drug-likeness (QED) is 0.301. The number of rotatable bonds is 9. The van der Waals surface area contributed by atoms with Crippen LogP contribution in [0.25, 0.3) is 0 Å². The van der Waals surface area contributed by atoms with Crippen LogP contribution >= 0.6 is 0 Å². The van der Waals surface area contributed by atoms with Gasteiger partial charge in [-0.2, -0.15) is 0 Å². The molecule has 1 aromatic heterocycles. The molecule has 1 heterocycles. The first kappa shape index (κ1) is 23.8. The molecule has 0 unspecified atom stereocenters. The normalized spacial score (nSPS) is 10.5. The summed E-state index contributed by atoms with van der Waals surface area (Å²) in [6, 6.07) is 18.1. The zero-order valence-electron chi connectivity index (χ0n) is 19.2. The second kappa shape index (κ2) is 11.7. The summed E-state index contributed by atoms with van der Waals surface area (Å²) < 4.78 is 0. The molecule has 3 amide bonds. The molecule has 0 saturated carbocycles. The van der Waals surface area contributed by atoms with Gasteiger partial charge in [0.2, 0.25) is 0 Å². The van der Waals surface area contributed by atoms with Crippen molar-refractivity contribution in [3.63, 3.8) is 0 Å². The van der Waals surface area contributed by atoms with Crippen LogP contribution in [0.15, 0.2) is 66.9 Å². The molecule has 7 nitrogen and oxygen atoms in total. The van der Waals surface area contributed by atoms with Gasteiger partial charge in [0.1, 0.15) is 5.69 Å². The third-order valence-electron chi connectivity index (χ3n) is 5.23. The van der Waals surface area contributed by atoms with E-state index in [4.69, 9.17) is 5.73 Å². The molecule has 172 valence electrons. The van der Waals surface area contributed by atoms with Crippen LogP contribution in [0.3, 0.4) is 0 Å². The molecule has 0 radical (unpaired) electrons. The summed E-state index contributed by atoms with van der Waals surface area (Å²) in [6.45, 7) is 5.17. The molecular weight excluding hydrogens is 414 g/mol. The van der Waals surface area contributed by atoms with Gasteiger partial charge < -0.3 is 21.3 Å². The van der Waals surface area contributed by atoms with Gasteiger partial charge in [0.05, 0.1) is 11.4 Å². The summed E-state index contributed by atoms with van der Waals surface area (Å²) in [5.74, 6) is -0.337. The van der Waals surface area contributed by atoms with Gasteiger partial charge in [0.15, 0.2) is 0 Å². The maximum Gasteiger partial charge on any atom is 0.322 e. The second-order valence-corrected chi connectivity index (χ2v) is 8.02. The second-order valence-electron chi connectivity index (χ2n) is 8.02. The smallest absolute Gasteiger partial charge is 0.322 e. The molecule has 0 spiro atoms. The molecule has 0 aliphatic heterocycles. The summed E-state index contributed by atoms with van der Waals surface area (Å²) in [6.07, 6.45) is 4.68. The third kappa shape index (κ3) is 7.07. The topological polar surface area (TPSA) is 100 Å². The highest BCUT2D eigenvalue weighted by Gasteiger charge is 2.15. The summed E-state index contributed by atoms with van der Waals surface area (Å²) in [7, 11) is 0. The van der Waals surface area contributed by atoms with Crippen LogP contribution in [-0.2, 0) is 6.54 Å². The number of unbranched alkanes of at least 4 members (excludes halogenated alkanes) is 2. The number of pyridine rings is 1. The number of benzene rings is 2. The number of anilines is 3. The number of amides is 3. The summed E-state index contributed by atoms with van der Waals surface area (Å²) in [5, 5.41) is 5.75. The Balaban J connectivity index is 1.66. The number of nitrogens with one attached hydrogen (secondary N) is 2. The molecule has 0 fully saturated rings. The van der Waals surface area contributed by atoms with Crippen molar-refractivity contribution in [2.45, 2.75) is 39.7 Å². The summed E-state index contributed by atoms with van der Waals surface area (Å²) in [5.41, 5.74) is 9.91. The Morgan fingerprint density at radius 2 is 1.82 bits per heavy atom. The highest BCUT2D eigenvalue weighted by Crippen LogP contribution is 2.18. The Labute approximate surface area is 195 Å². The lowest BCUT2D eigenvalue weighted by Crippen LogP contribution is -2.35. The fraction of sp³-hybridized carbons (Fsp3) is 0.269. The number of aromatic nitrogens is 1. The zero-order valence-corrected chi connectivity index (χ0v) is 19.2. The van der Waals surface area contributed by atoms with Gasteiger partial charge in [0.25, 0.3) is 5.91 Å². The number of nitrogen functional groups attached to an aromatic ring is 1. The van der Waals surface area contributed by atoms with Crippen molar-refractivity contribution in [3.8, 4) is 0 Å². The minimum atomic E-state index is -0.337. The molecule has 2 aromatic carbocycles. The number of carbonyl (C=O) groups excluding carboxylic acids is 2. The Morgan fingerprint density at radius 3 is 2.52 bits per heavy atom. The highest BCUT2D eigenvalue weighted by atomic mass is 16.2. The van der Waals surface area contributed by atoms with E-state index in [1.165, 1.54) is 0 Å². The minimum absolute atomic E-state index is 0.155. The van der Waals surface area contributed by atoms with Crippen LogP contribution in [0.4, 0.5) is 21.9 Å². The lowest BCUT2D eigenvalue weighted by atomic mass is 10.2. The number of hydrogen-bond acceptors (Lipinski definition) is 4. The van der Waals surface area contributed by atoms with Gasteiger partial charge in [-0.1, -0.05) is 50.1 Å². The van der Waals surface area contributed by atoms with E-state index in [1.54, 1.807) is 41.4 Å². The summed E-state index contributed by atoms with van der Waals surface area (Å²) >= 11 is 0. The fourth-order valence-electron chi connectivity index (χ4n) is 3.40. The van der Waals surface area contributed by atoms with Crippen molar-refractivity contribution in [1.29, 1.82) is 0 Å². The maximum absolute atomic E-state index is 13.0.